The van der Waals surface area contributed by atoms with Crippen LogP contribution in [0.5, 0.6) is 0 Å². The summed E-state index contributed by atoms with van der Waals surface area (Å²) in [5, 5.41) is 0. The van der Waals surface area contributed by atoms with E-state index in [1.54, 1.807) is 0 Å². The zero-order chi connectivity index (χ0) is 16.4. The van der Waals surface area contributed by atoms with Gasteiger partial charge in [0.25, 0.3) is 0 Å². The molecule has 2 aliphatic rings. The van der Waals surface area contributed by atoms with E-state index in [1.165, 1.54) is 12.0 Å². The highest BCUT2D eigenvalue weighted by Crippen LogP contribution is 2.36. The molecular weight excluding hydrogens is 288 g/mol. The normalized spacial score (nSPS) is 23.1. The summed E-state index contributed by atoms with van der Waals surface area (Å²) in [5.74, 6) is 0.858. The fourth-order valence-corrected chi connectivity index (χ4v) is 3.74. The highest BCUT2D eigenvalue weighted by atomic mass is 16.5. The van der Waals surface area contributed by atoms with Gasteiger partial charge in [0.05, 0.1) is 26.1 Å². The van der Waals surface area contributed by atoms with Gasteiger partial charge in [0.15, 0.2) is 0 Å². The van der Waals surface area contributed by atoms with E-state index in [0.29, 0.717) is 12.3 Å². The van der Waals surface area contributed by atoms with Gasteiger partial charge in [0.2, 0.25) is 5.91 Å². The average Bonchev–Trinajstić information content (AvgIpc) is 2.47. The smallest absolute Gasteiger partial charge is 0.227 e. The van der Waals surface area contributed by atoms with E-state index in [9.17, 15) is 4.79 Å². The monoisotopic (exact) mass is 316 g/mol. The van der Waals surface area contributed by atoms with Gasteiger partial charge in [0, 0.05) is 6.54 Å². The summed E-state index contributed by atoms with van der Waals surface area (Å²) in [6, 6.07) is 8.13. The van der Waals surface area contributed by atoms with Crippen molar-refractivity contribution in [3.05, 3.63) is 35.4 Å². The first-order valence-electron chi connectivity index (χ1n) is 8.58. The fourth-order valence-electron chi connectivity index (χ4n) is 3.74. The van der Waals surface area contributed by atoms with Crippen LogP contribution >= 0.6 is 0 Å². The van der Waals surface area contributed by atoms with E-state index in [-0.39, 0.29) is 11.5 Å². The maximum absolute atomic E-state index is 12.4. The zero-order valence-electron chi connectivity index (χ0n) is 14.5. The Morgan fingerprint density at radius 1 is 1.35 bits per heavy atom. The molecule has 3 rings (SSSR count). The number of nitrogens with zero attached hydrogens (tertiary/aromatic N) is 2. The molecule has 4 nitrogen and oxygen atoms in total. The van der Waals surface area contributed by atoms with Crippen LogP contribution in [0.25, 0.3) is 0 Å². The highest BCUT2D eigenvalue weighted by molar-refractivity contribution is 5.80. The van der Waals surface area contributed by atoms with Crippen molar-refractivity contribution in [2.45, 2.75) is 31.8 Å². The second kappa shape index (κ2) is 6.62. The lowest BCUT2D eigenvalue weighted by molar-refractivity contribution is -0.189. The zero-order valence-corrected chi connectivity index (χ0v) is 14.5. The maximum Gasteiger partial charge on any atom is 0.227 e. The van der Waals surface area contributed by atoms with Gasteiger partial charge < -0.3 is 14.5 Å². The van der Waals surface area contributed by atoms with Crippen LogP contribution in [-0.2, 0) is 16.0 Å². The lowest BCUT2D eigenvalue weighted by Gasteiger charge is -2.53. The molecule has 2 heterocycles. The predicted molar refractivity (Wildman–Crippen MR) is 91.4 cm³/mol. The molecule has 2 fully saturated rings. The average molecular weight is 316 g/mol. The van der Waals surface area contributed by atoms with Crippen LogP contribution < -0.4 is 0 Å². The molecule has 0 bridgehead atoms. The van der Waals surface area contributed by atoms with E-state index in [4.69, 9.17) is 4.74 Å². The molecule has 1 unspecified atom stereocenters. The number of carbonyl (C=O) groups excluding carboxylic acids is 1. The van der Waals surface area contributed by atoms with Gasteiger partial charge in [-0.25, -0.2) is 0 Å². The molecule has 126 valence electrons. The molecule has 0 N–H and O–H groups in total. The molecule has 1 atom stereocenters. The molecule has 1 amide bonds. The second-order valence-electron chi connectivity index (χ2n) is 7.51. The van der Waals surface area contributed by atoms with E-state index in [1.807, 2.05) is 23.1 Å². The van der Waals surface area contributed by atoms with Crippen molar-refractivity contribution in [1.82, 2.24) is 9.80 Å². The summed E-state index contributed by atoms with van der Waals surface area (Å²) in [6.45, 7) is 5.53. The van der Waals surface area contributed by atoms with E-state index >= 15 is 0 Å². The Kier molecular flexibility index (Phi) is 4.74. The van der Waals surface area contributed by atoms with Crippen molar-refractivity contribution in [2.24, 2.45) is 5.92 Å². The van der Waals surface area contributed by atoms with Gasteiger partial charge in [-0.3, -0.25) is 4.79 Å². The van der Waals surface area contributed by atoms with E-state index < -0.39 is 0 Å². The van der Waals surface area contributed by atoms with Gasteiger partial charge in [-0.15, -0.1) is 0 Å². The number of ether oxygens (including phenoxy) is 1. The van der Waals surface area contributed by atoms with Crippen LogP contribution in [0.4, 0.5) is 0 Å². The van der Waals surface area contributed by atoms with Crippen molar-refractivity contribution < 1.29 is 9.53 Å². The van der Waals surface area contributed by atoms with E-state index in [0.717, 1.165) is 38.2 Å². The van der Waals surface area contributed by atoms with Crippen molar-refractivity contribution in [3.8, 4) is 0 Å². The second-order valence-corrected chi connectivity index (χ2v) is 7.51. The molecule has 23 heavy (non-hydrogen) atoms. The lowest BCUT2D eigenvalue weighted by Crippen LogP contribution is -2.66. The molecule has 0 aromatic heterocycles. The maximum atomic E-state index is 12.4. The summed E-state index contributed by atoms with van der Waals surface area (Å²) >= 11 is 0. The Hall–Kier alpha value is -1.39. The Morgan fingerprint density at radius 2 is 2.09 bits per heavy atom. The minimum atomic E-state index is -0.0514. The number of amides is 1. The van der Waals surface area contributed by atoms with Crippen LogP contribution in [0.15, 0.2) is 24.3 Å². The lowest BCUT2D eigenvalue weighted by atomic mass is 9.82. The van der Waals surface area contributed by atoms with Crippen molar-refractivity contribution in [3.63, 3.8) is 0 Å². The standard InChI is InChI=1S/C19H28N2O2/c1-15-6-4-5-7-17(15)10-18(22)21-13-19(14-21)9-8-16(12-23-19)11-20(2)3/h4-7,16H,8-14H2,1-3H3. The molecule has 0 aliphatic carbocycles. The molecule has 2 saturated heterocycles. The SMILES string of the molecule is Cc1ccccc1CC(=O)N1CC2(CCC(CN(C)C)CO2)C1. The number of rotatable bonds is 4. The quantitative estimate of drug-likeness (QED) is 0.853. The molecule has 2 aliphatic heterocycles. The minimum Gasteiger partial charge on any atom is -0.371 e. The topological polar surface area (TPSA) is 32.8 Å². The third kappa shape index (κ3) is 3.75. The minimum absolute atomic E-state index is 0.0514. The number of aryl methyl sites for hydroxylation is 1. The third-order valence-electron chi connectivity index (χ3n) is 5.17. The van der Waals surface area contributed by atoms with E-state index in [2.05, 4.69) is 32.0 Å². The molecule has 0 saturated carbocycles. The van der Waals surface area contributed by atoms with Crippen LogP contribution in [0.1, 0.15) is 24.0 Å². The van der Waals surface area contributed by atoms with Gasteiger partial charge in [0.1, 0.15) is 5.60 Å². The van der Waals surface area contributed by atoms with Gasteiger partial charge in [-0.1, -0.05) is 24.3 Å². The first-order valence-corrected chi connectivity index (χ1v) is 8.58. The van der Waals surface area contributed by atoms with Gasteiger partial charge in [-0.2, -0.15) is 0 Å². The number of likely N-dealkylation sites (tertiary alicyclic amines) is 1. The van der Waals surface area contributed by atoms with Crippen molar-refractivity contribution in [1.29, 1.82) is 0 Å². The molecule has 1 aromatic carbocycles. The summed E-state index contributed by atoms with van der Waals surface area (Å²) < 4.78 is 6.15. The van der Waals surface area contributed by atoms with Crippen molar-refractivity contribution >= 4 is 5.91 Å². The van der Waals surface area contributed by atoms with Crippen LogP contribution in [0, 0.1) is 12.8 Å². The molecule has 1 aromatic rings. The summed E-state index contributed by atoms with van der Waals surface area (Å²) in [5.41, 5.74) is 2.27. The molecule has 4 heteroatoms. The number of carbonyl (C=O) groups is 1. The first-order chi connectivity index (χ1) is 11.0. The molecule has 0 radical (unpaired) electrons. The largest absolute Gasteiger partial charge is 0.371 e. The predicted octanol–water partition coefficient (Wildman–Crippen LogP) is 2.11. The highest BCUT2D eigenvalue weighted by Gasteiger charge is 2.48. The summed E-state index contributed by atoms with van der Waals surface area (Å²) in [4.78, 5) is 16.6. The Bertz CT molecular complexity index is 554. The van der Waals surface area contributed by atoms with Crippen molar-refractivity contribution in [2.75, 3.05) is 40.3 Å². The molecule has 1 spiro atoms. The first kappa shape index (κ1) is 16.5. The number of hydrogen-bond acceptors (Lipinski definition) is 3. The van der Waals surface area contributed by atoms with Gasteiger partial charge in [-0.05, 0) is 50.9 Å². The summed E-state index contributed by atoms with van der Waals surface area (Å²) in [7, 11) is 4.22. The molecular formula is C19H28N2O2. The van der Waals surface area contributed by atoms with Crippen LogP contribution in [-0.4, -0.2) is 61.6 Å². The van der Waals surface area contributed by atoms with Gasteiger partial charge >= 0.3 is 0 Å². The number of hydrogen-bond donors (Lipinski definition) is 0. The Labute approximate surface area is 139 Å². The third-order valence-corrected chi connectivity index (χ3v) is 5.17. The summed E-state index contributed by atoms with van der Waals surface area (Å²) in [6.07, 6.45) is 2.80. The Balaban J connectivity index is 1.48. The van der Waals surface area contributed by atoms with Crippen LogP contribution in [0.3, 0.4) is 0 Å². The fraction of sp³-hybridized carbons (Fsp3) is 0.632. The Morgan fingerprint density at radius 3 is 2.70 bits per heavy atom. The van der Waals surface area contributed by atoms with Crippen LogP contribution in [0.2, 0.25) is 0 Å². The number of benzene rings is 1.